The Labute approximate surface area is 59.0 Å². The Morgan fingerprint density at radius 2 is 2.30 bits per heavy atom. The summed E-state index contributed by atoms with van der Waals surface area (Å²) in [5, 5.41) is 0. The highest BCUT2D eigenvalue weighted by Crippen LogP contribution is 2.04. The summed E-state index contributed by atoms with van der Waals surface area (Å²) < 4.78 is 0. The van der Waals surface area contributed by atoms with Crippen molar-refractivity contribution in [1.82, 2.24) is 4.90 Å². The molecule has 1 heterocycles. The molecule has 0 bridgehead atoms. The van der Waals surface area contributed by atoms with Crippen molar-refractivity contribution < 1.29 is 9.59 Å². The third-order valence-electron chi connectivity index (χ3n) is 1.56. The van der Waals surface area contributed by atoms with Gasteiger partial charge in [-0.1, -0.05) is 0 Å². The van der Waals surface area contributed by atoms with Crippen molar-refractivity contribution in [3.8, 4) is 0 Å². The standard InChI is InChI=1S/C6H10N2O2/c7-6(10)8-3-1-2-5(9)4-8/h1-4H2,(H2,7,10). The number of hydrogen-bond donors (Lipinski definition) is 1. The summed E-state index contributed by atoms with van der Waals surface area (Å²) in [5.41, 5.74) is 4.96. The van der Waals surface area contributed by atoms with E-state index in [1.807, 2.05) is 0 Å². The van der Waals surface area contributed by atoms with E-state index in [2.05, 4.69) is 0 Å². The highest BCUT2D eigenvalue weighted by atomic mass is 16.2. The summed E-state index contributed by atoms with van der Waals surface area (Å²) in [6, 6.07) is -0.493. The smallest absolute Gasteiger partial charge is 0.315 e. The van der Waals surface area contributed by atoms with Crippen LogP contribution < -0.4 is 5.73 Å². The van der Waals surface area contributed by atoms with E-state index in [0.717, 1.165) is 6.42 Å². The number of urea groups is 1. The number of Topliss-reactive ketones (excluding diaryl/α,β-unsaturated/α-hetero) is 1. The number of likely N-dealkylation sites (tertiary alicyclic amines) is 1. The van der Waals surface area contributed by atoms with Crippen LogP contribution in [0.3, 0.4) is 0 Å². The minimum Gasteiger partial charge on any atom is -0.351 e. The average molecular weight is 142 g/mol. The molecule has 0 aromatic carbocycles. The summed E-state index contributed by atoms with van der Waals surface area (Å²) >= 11 is 0. The van der Waals surface area contributed by atoms with Crippen LogP contribution in [0.4, 0.5) is 4.79 Å². The molecule has 1 aliphatic heterocycles. The fourth-order valence-electron chi connectivity index (χ4n) is 1.03. The molecule has 2 amide bonds. The molecule has 4 nitrogen and oxygen atoms in total. The average Bonchev–Trinajstić information content (AvgIpc) is 1.88. The van der Waals surface area contributed by atoms with Gasteiger partial charge in [0.25, 0.3) is 0 Å². The van der Waals surface area contributed by atoms with E-state index in [4.69, 9.17) is 5.73 Å². The zero-order valence-electron chi connectivity index (χ0n) is 5.67. The molecule has 1 rings (SSSR count). The highest BCUT2D eigenvalue weighted by molar-refractivity contribution is 5.85. The lowest BCUT2D eigenvalue weighted by atomic mass is 10.1. The molecule has 4 heteroatoms. The molecular formula is C6H10N2O2. The van der Waals surface area contributed by atoms with Gasteiger partial charge >= 0.3 is 6.03 Å². The van der Waals surface area contributed by atoms with Gasteiger partial charge in [0, 0.05) is 13.0 Å². The molecule has 0 aromatic heterocycles. The van der Waals surface area contributed by atoms with Crippen molar-refractivity contribution in [3.63, 3.8) is 0 Å². The lowest BCUT2D eigenvalue weighted by molar-refractivity contribution is -0.121. The summed E-state index contributed by atoms with van der Waals surface area (Å²) in [6.45, 7) is 0.830. The van der Waals surface area contributed by atoms with Crippen LogP contribution in [0.1, 0.15) is 12.8 Å². The van der Waals surface area contributed by atoms with Gasteiger partial charge in [-0.15, -0.1) is 0 Å². The first kappa shape index (κ1) is 7.05. The molecule has 1 aliphatic rings. The van der Waals surface area contributed by atoms with E-state index in [-0.39, 0.29) is 12.3 Å². The summed E-state index contributed by atoms with van der Waals surface area (Å²) in [7, 11) is 0. The van der Waals surface area contributed by atoms with Crippen molar-refractivity contribution in [2.24, 2.45) is 5.73 Å². The second-order valence-corrected chi connectivity index (χ2v) is 2.40. The number of rotatable bonds is 0. The number of amides is 2. The zero-order chi connectivity index (χ0) is 7.56. The predicted octanol–water partition coefficient (Wildman–Crippen LogP) is -0.270. The van der Waals surface area contributed by atoms with Gasteiger partial charge in [0.05, 0.1) is 6.54 Å². The first-order valence-electron chi connectivity index (χ1n) is 3.26. The Balaban J connectivity index is 2.47. The van der Waals surface area contributed by atoms with Crippen LogP contribution in [-0.4, -0.2) is 29.8 Å². The van der Waals surface area contributed by atoms with Crippen LogP contribution in [0.5, 0.6) is 0 Å². The molecule has 0 saturated carbocycles. The van der Waals surface area contributed by atoms with Gasteiger partial charge in [-0.05, 0) is 6.42 Å². The molecule has 2 N–H and O–H groups in total. The molecule has 56 valence electrons. The third kappa shape index (κ3) is 1.46. The molecule has 0 spiro atoms. The van der Waals surface area contributed by atoms with Crippen LogP contribution >= 0.6 is 0 Å². The number of carbonyl (C=O) groups excluding carboxylic acids is 2. The Morgan fingerprint density at radius 3 is 2.70 bits per heavy atom. The number of ketones is 1. The first-order valence-corrected chi connectivity index (χ1v) is 3.26. The Morgan fingerprint density at radius 1 is 1.60 bits per heavy atom. The largest absolute Gasteiger partial charge is 0.351 e. The van der Waals surface area contributed by atoms with E-state index in [1.165, 1.54) is 4.90 Å². The second-order valence-electron chi connectivity index (χ2n) is 2.40. The lowest BCUT2D eigenvalue weighted by Gasteiger charge is -2.23. The van der Waals surface area contributed by atoms with E-state index in [0.29, 0.717) is 13.0 Å². The normalized spacial score (nSPS) is 19.2. The molecule has 0 aromatic rings. The number of primary amides is 1. The molecule has 10 heavy (non-hydrogen) atoms. The molecule has 0 atom stereocenters. The van der Waals surface area contributed by atoms with Gasteiger partial charge < -0.3 is 10.6 Å². The molecule has 0 aliphatic carbocycles. The summed E-state index contributed by atoms with van der Waals surface area (Å²) in [4.78, 5) is 22.6. The SMILES string of the molecule is NC(=O)N1CCCC(=O)C1. The van der Waals surface area contributed by atoms with Gasteiger partial charge in [0.2, 0.25) is 0 Å². The number of piperidine rings is 1. The van der Waals surface area contributed by atoms with Crippen molar-refractivity contribution >= 4 is 11.8 Å². The second kappa shape index (κ2) is 2.68. The van der Waals surface area contributed by atoms with Gasteiger partial charge in [-0.2, -0.15) is 0 Å². The highest BCUT2D eigenvalue weighted by Gasteiger charge is 2.18. The van der Waals surface area contributed by atoms with Crippen molar-refractivity contribution in [2.45, 2.75) is 12.8 Å². The maximum Gasteiger partial charge on any atom is 0.315 e. The van der Waals surface area contributed by atoms with Crippen molar-refractivity contribution in [1.29, 1.82) is 0 Å². The van der Waals surface area contributed by atoms with E-state index in [1.54, 1.807) is 0 Å². The molecule has 0 unspecified atom stereocenters. The van der Waals surface area contributed by atoms with E-state index < -0.39 is 6.03 Å². The van der Waals surface area contributed by atoms with Gasteiger partial charge in [-0.25, -0.2) is 4.79 Å². The Hall–Kier alpha value is -1.06. The topological polar surface area (TPSA) is 63.4 Å². The summed E-state index contributed by atoms with van der Waals surface area (Å²) in [5.74, 6) is 0.102. The summed E-state index contributed by atoms with van der Waals surface area (Å²) in [6.07, 6.45) is 1.34. The zero-order valence-corrected chi connectivity index (χ0v) is 5.67. The third-order valence-corrected chi connectivity index (χ3v) is 1.56. The number of nitrogens with zero attached hydrogens (tertiary/aromatic N) is 1. The Bertz CT molecular complexity index is 165. The number of nitrogens with two attached hydrogens (primary N) is 1. The van der Waals surface area contributed by atoms with E-state index >= 15 is 0 Å². The van der Waals surface area contributed by atoms with Crippen molar-refractivity contribution in [3.05, 3.63) is 0 Å². The maximum absolute atomic E-state index is 10.7. The van der Waals surface area contributed by atoms with Gasteiger partial charge in [0.15, 0.2) is 5.78 Å². The fourth-order valence-corrected chi connectivity index (χ4v) is 1.03. The van der Waals surface area contributed by atoms with Crippen LogP contribution in [0.2, 0.25) is 0 Å². The van der Waals surface area contributed by atoms with Crippen LogP contribution in [0.25, 0.3) is 0 Å². The van der Waals surface area contributed by atoms with E-state index in [9.17, 15) is 9.59 Å². The van der Waals surface area contributed by atoms with Gasteiger partial charge in [0.1, 0.15) is 0 Å². The number of hydrogen-bond acceptors (Lipinski definition) is 2. The number of carbonyl (C=O) groups is 2. The Kier molecular flexibility index (Phi) is 1.89. The maximum atomic E-state index is 10.7. The van der Waals surface area contributed by atoms with Crippen LogP contribution in [0, 0.1) is 0 Å². The van der Waals surface area contributed by atoms with Crippen LogP contribution in [0.15, 0.2) is 0 Å². The molecule has 1 saturated heterocycles. The lowest BCUT2D eigenvalue weighted by Crippen LogP contribution is -2.43. The fraction of sp³-hybridized carbons (Fsp3) is 0.667. The molecule has 0 radical (unpaired) electrons. The van der Waals surface area contributed by atoms with Crippen molar-refractivity contribution in [2.75, 3.05) is 13.1 Å². The molecule has 1 fully saturated rings. The minimum atomic E-state index is -0.493. The molecular weight excluding hydrogens is 132 g/mol. The first-order chi connectivity index (χ1) is 4.70. The van der Waals surface area contributed by atoms with Crippen LogP contribution in [-0.2, 0) is 4.79 Å². The van der Waals surface area contributed by atoms with Gasteiger partial charge in [-0.3, -0.25) is 4.79 Å². The quantitative estimate of drug-likeness (QED) is 0.506. The predicted molar refractivity (Wildman–Crippen MR) is 35.4 cm³/mol. The monoisotopic (exact) mass is 142 g/mol. The minimum absolute atomic E-state index is 0.102.